The van der Waals surface area contributed by atoms with E-state index in [4.69, 9.17) is 9.98 Å². The van der Waals surface area contributed by atoms with Gasteiger partial charge in [0.05, 0.1) is 18.9 Å². The van der Waals surface area contributed by atoms with Crippen LogP contribution in [-0.4, -0.2) is 83.2 Å². The molecule has 0 amide bonds. The molecule has 2 aromatic rings. The number of anilines is 1. The summed E-state index contributed by atoms with van der Waals surface area (Å²) in [5, 5.41) is 3.49. The Kier molecular flexibility index (Phi) is 7.06. The summed E-state index contributed by atoms with van der Waals surface area (Å²) in [7, 11) is 2.18. The van der Waals surface area contributed by atoms with E-state index >= 15 is 0 Å². The number of likely N-dealkylation sites (N-methyl/N-ethyl adjacent to an activating group) is 1. The minimum atomic E-state index is 0.421. The first-order valence-electron chi connectivity index (χ1n) is 11.5. The van der Waals surface area contributed by atoms with Crippen molar-refractivity contribution in [1.82, 2.24) is 29.7 Å². The zero-order chi connectivity index (χ0) is 21.6. The van der Waals surface area contributed by atoms with Crippen LogP contribution >= 0.6 is 0 Å². The maximum absolute atomic E-state index is 4.95. The lowest BCUT2D eigenvalue weighted by Gasteiger charge is -2.39. The van der Waals surface area contributed by atoms with Crippen molar-refractivity contribution in [3.8, 4) is 0 Å². The number of aromatic nitrogens is 3. The summed E-state index contributed by atoms with van der Waals surface area (Å²) in [6, 6.07) is 4.73. The Bertz CT molecular complexity index is 824. The van der Waals surface area contributed by atoms with Crippen molar-refractivity contribution < 1.29 is 0 Å². The highest BCUT2D eigenvalue weighted by Gasteiger charge is 2.28. The second-order valence-electron chi connectivity index (χ2n) is 8.77. The molecule has 2 aromatic heterocycles. The summed E-state index contributed by atoms with van der Waals surface area (Å²) in [6.45, 7) is 12.2. The molecule has 8 heteroatoms. The molecule has 2 saturated heterocycles. The molecule has 0 saturated carbocycles. The lowest BCUT2D eigenvalue weighted by Crippen LogP contribution is -2.49. The van der Waals surface area contributed by atoms with Crippen molar-refractivity contribution in [3.05, 3.63) is 42.6 Å². The summed E-state index contributed by atoms with van der Waals surface area (Å²) in [5.74, 6) is 2.68. The van der Waals surface area contributed by atoms with Crippen LogP contribution in [0.4, 0.5) is 5.82 Å². The largest absolute Gasteiger partial charge is 0.357 e. The number of nitrogens with zero attached hydrogens (tertiary/aromatic N) is 7. The van der Waals surface area contributed by atoms with E-state index in [0.717, 1.165) is 69.6 Å². The summed E-state index contributed by atoms with van der Waals surface area (Å²) < 4.78 is 2.24. The molecular weight excluding hydrogens is 388 g/mol. The Labute approximate surface area is 186 Å². The number of aliphatic imine (C=N–C) groups is 1. The quantitative estimate of drug-likeness (QED) is 0.586. The minimum absolute atomic E-state index is 0.421. The van der Waals surface area contributed by atoms with Crippen molar-refractivity contribution in [2.45, 2.75) is 32.9 Å². The summed E-state index contributed by atoms with van der Waals surface area (Å²) in [6.07, 6.45) is 9.00. The maximum atomic E-state index is 4.95. The maximum Gasteiger partial charge on any atom is 0.194 e. The second-order valence-corrected chi connectivity index (χ2v) is 8.77. The van der Waals surface area contributed by atoms with Crippen LogP contribution in [0.1, 0.15) is 31.9 Å². The monoisotopic (exact) mass is 424 g/mol. The van der Waals surface area contributed by atoms with E-state index in [1.165, 1.54) is 0 Å². The van der Waals surface area contributed by atoms with Gasteiger partial charge in [-0.2, -0.15) is 0 Å². The lowest BCUT2D eigenvalue weighted by molar-refractivity contribution is 0.189. The van der Waals surface area contributed by atoms with Crippen LogP contribution in [0.3, 0.4) is 0 Å². The average Bonchev–Trinajstić information content (AvgIpc) is 3.33. The Morgan fingerprint density at radius 3 is 2.71 bits per heavy atom. The molecule has 2 fully saturated rings. The average molecular weight is 425 g/mol. The Hall–Kier alpha value is -2.61. The molecule has 0 aromatic carbocycles. The van der Waals surface area contributed by atoms with Crippen molar-refractivity contribution in [1.29, 1.82) is 0 Å². The predicted octanol–water partition coefficient (Wildman–Crippen LogP) is 2.08. The number of nitrogens with one attached hydrogen (secondary N) is 1. The van der Waals surface area contributed by atoms with Gasteiger partial charge in [0, 0.05) is 64.4 Å². The van der Waals surface area contributed by atoms with E-state index in [1.807, 2.05) is 18.7 Å². The molecule has 2 aliphatic rings. The fourth-order valence-electron chi connectivity index (χ4n) is 4.42. The van der Waals surface area contributed by atoms with Gasteiger partial charge in [-0.3, -0.25) is 0 Å². The topological polar surface area (TPSA) is 64.8 Å². The molecule has 168 valence electrons. The molecule has 0 radical (unpaired) electrons. The van der Waals surface area contributed by atoms with Gasteiger partial charge in [0.15, 0.2) is 5.96 Å². The van der Waals surface area contributed by atoms with E-state index in [0.29, 0.717) is 18.5 Å². The third kappa shape index (κ3) is 5.36. The first-order chi connectivity index (χ1) is 15.1. The molecule has 0 aliphatic carbocycles. The van der Waals surface area contributed by atoms with E-state index < -0.39 is 0 Å². The third-order valence-corrected chi connectivity index (χ3v) is 6.51. The number of hydrogen-bond donors (Lipinski definition) is 1. The molecule has 0 bridgehead atoms. The standard InChI is InChI=1S/C23H36N8/c1-4-25-23(30-9-7-19(2)21(17-30)31-10-8-24-18-31)27-16-20-5-6-22(26-15-20)29-13-11-28(3)12-14-29/h5-6,8,10,15,18-19,21H,4,7,9,11-14,16-17H2,1-3H3,(H,25,27). The number of pyridine rings is 1. The van der Waals surface area contributed by atoms with Gasteiger partial charge in [0.1, 0.15) is 5.82 Å². The number of guanidine groups is 1. The second kappa shape index (κ2) is 10.1. The Morgan fingerprint density at radius 2 is 2.03 bits per heavy atom. The van der Waals surface area contributed by atoms with Gasteiger partial charge in [-0.15, -0.1) is 0 Å². The zero-order valence-electron chi connectivity index (χ0n) is 19.1. The number of piperidine rings is 1. The van der Waals surface area contributed by atoms with Gasteiger partial charge in [0.2, 0.25) is 0 Å². The highest BCUT2D eigenvalue weighted by atomic mass is 15.3. The van der Waals surface area contributed by atoms with Crippen LogP contribution in [-0.2, 0) is 6.54 Å². The van der Waals surface area contributed by atoms with Crippen LogP contribution in [0.25, 0.3) is 0 Å². The smallest absolute Gasteiger partial charge is 0.194 e. The summed E-state index contributed by atoms with van der Waals surface area (Å²) in [4.78, 5) is 21.0. The van der Waals surface area contributed by atoms with Crippen molar-refractivity contribution in [2.24, 2.45) is 10.9 Å². The van der Waals surface area contributed by atoms with Crippen LogP contribution < -0.4 is 10.2 Å². The van der Waals surface area contributed by atoms with Crippen LogP contribution in [0.15, 0.2) is 42.0 Å². The molecule has 4 rings (SSSR count). The minimum Gasteiger partial charge on any atom is -0.357 e. The third-order valence-electron chi connectivity index (χ3n) is 6.51. The molecule has 2 unspecified atom stereocenters. The van der Waals surface area contributed by atoms with E-state index in [9.17, 15) is 0 Å². The summed E-state index contributed by atoms with van der Waals surface area (Å²) >= 11 is 0. The molecule has 2 aliphatic heterocycles. The first-order valence-corrected chi connectivity index (χ1v) is 11.5. The predicted molar refractivity (Wildman–Crippen MR) is 125 cm³/mol. The van der Waals surface area contributed by atoms with Crippen molar-refractivity contribution >= 4 is 11.8 Å². The molecular formula is C23H36N8. The molecule has 8 nitrogen and oxygen atoms in total. The fourth-order valence-corrected chi connectivity index (χ4v) is 4.42. The van der Waals surface area contributed by atoms with E-state index in [2.05, 4.69) is 68.8 Å². The molecule has 31 heavy (non-hydrogen) atoms. The first kappa shape index (κ1) is 21.6. The zero-order valence-corrected chi connectivity index (χ0v) is 19.1. The number of piperazine rings is 1. The number of rotatable bonds is 5. The van der Waals surface area contributed by atoms with Crippen molar-refractivity contribution in [3.63, 3.8) is 0 Å². The Morgan fingerprint density at radius 1 is 1.19 bits per heavy atom. The molecule has 1 N–H and O–H groups in total. The molecule has 4 heterocycles. The van der Waals surface area contributed by atoms with Gasteiger partial charge in [-0.05, 0) is 37.9 Å². The van der Waals surface area contributed by atoms with Crippen LogP contribution in [0.5, 0.6) is 0 Å². The van der Waals surface area contributed by atoms with Gasteiger partial charge in [0.25, 0.3) is 0 Å². The van der Waals surface area contributed by atoms with Gasteiger partial charge >= 0.3 is 0 Å². The lowest BCUT2D eigenvalue weighted by atomic mass is 9.93. The highest BCUT2D eigenvalue weighted by Crippen LogP contribution is 2.27. The van der Waals surface area contributed by atoms with Gasteiger partial charge in [-0.25, -0.2) is 15.0 Å². The number of hydrogen-bond acceptors (Lipinski definition) is 5. The Balaban J connectivity index is 1.40. The van der Waals surface area contributed by atoms with Gasteiger partial charge in [-0.1, -0.05) is 13.0 Å². The van der Waals surface area contributed by atoms with Crippen molar-refractivity contribution in [2.75, 3.05) is 57.8 Å². The number of likely N-dealkylation sites (tertiary alicyclic amines) is 1. The molecule has 0 spiro atoms. The molecule has 2 atom stereocenters. The summed E-state index contributed by atoms with van der Waals surface area (Å²) in [5.41, 5.74) is 1.14. The van der Waals surface area contributed by atoms with Gasteiger partial charge < -0.3 is 24.6 Å². The van der Waals surface area contributed by atoms with Crippen LogP contribution in [0.2, 0.25) is 0 Å². The number of imidazole rings is 1. The fraction of sp³-hybridized carbons (Fsp3) is 0.609. The van der Waals surface area contributed by atoms with E-state index in [1.54, 1.807) is 0 Å². The highest BCUT2D eigenvalue weighted by molar-refractivity contribution is 5.80. The SMILES string of the molecule is CCNC(=NCc1ccc(N2CCN(C)CC2)nc1)N1CCC(C)C(n2ccnc2)C1. The normalized spacial score (nSPS) is 23.3. The van der Waals surface area contributed by atoms with Crippen LogP contribution in [0, 0.1) is 5.92 Å². The van der Waals surface area contributed by atoms with E-state index in [-0.39, 0.29) is 0 Å².